The highest BCUT2D eigenvalue weighted by atomic mass is 32.1. The van der Waals surface area contributed by atoms with Gasteiger partial charge in [0.15, 0.2) is 0 Å². The maximum absolute atomic E-state index is 6.13. The summed E-state index contributed by atoms with van der Waals surface area (Å²) in [6, 6.07) is 16.5. The average molecular weight is 332 g/mol. The molecule has 0 aliphatic heterocycles. The van der Waals surface area contributed by atoms with Crippen molar-refractivity contribution < 1.29 is 4.42 Å². The first-order chi connectivity index (χ1) is 11.7. The molecule has 0 spiro atoms. The fraction of sp³-hybridized carbons (Fsp3) is 0.100. The molecular weight excluding hydrogens is 316 g/mol. The van der Waals surface area contributed by atoms with Crippen LogP contribution in [0.25, 0.3) is 22.3 Å². The molecule has 4 rings (SSSR count). The molecule has 0 atom stereocenters. The smallest absolute Gasteiger partial charge is 0.209 e. The van der Waals surface area contributed by atoms with Crippen molar-refractivity contribution in [2.24, 2.45) is 4.99 Å². The molecule has 2 aromatic heterocycles. The number of rotatable bonds is 2. The summed E-state index contributed by atoms with van der Waals surface area (Å²) in [5, 5.41) is 4.56. The van der Waals surface area contributed by atoms with Crippen LogP contribution in [0.4, 0.5) is 5.13 Å². The van der Waals surface area contributed by atoms with E-state index in [2.05, 4.69) is 55.2 Å². The molecule has 0 aliphatic rings. The number of fused-ring (bicyclic) bond motifs is 1. The van der Waals surface area contributed by atoms with Gasteiger partial charge in [0.2, 0.25) is 5.13 Å². The molecule has 118 valence electrons. The molecule has 0 unspecified atom stereocenters. The van der Waals surface area contributed by atoms with Crippen LogP contribution < -0.4 is 5.36 Å². The minimum Gasteiger partial charge on any atom is -0.456 e. The van der Waals surface area contributed by atoms with E-state index in [9.17, 15) is 0 Å². The van der Waals surface area contributed by atoms with Crippen molar-refractivity contribution in [3.05, 3.63) is 76.6 Å². The topological polar surface area (TPSA) is 38.4 Å². The zero-order chi connectivity index (χ0) is 16.5. The third kappa shape index (κ3) is 2.88. The number of thiazole rings is 1. The van der Waals surface area contributed by atoms with Crippen LogP contribution in [0.15, 0.2) is 69.5 Å². The van der Waals surface area contributed by atoms with E-state index in [-0.39, 0.29) is 0 Å². The highest BCUT2D eigenvalue weighted by Gasteiger charge is 2.07. The molecule has 0 N–H and O–H groups in total. The van der Waals surface area contributed by atoms with Crippen LogP contribution >= 0.6 is 11.3 Å². The number of hydrogen-bond donors (Lipinski definition) is 0. The lowest BCUT2D eigenvalue weighted by atomic mass is 10.1. The van der Waals surface area contributed by atoms with Gasteiger partial charge in [0.05, 0.1) is 5.36 Å². The Balaban J connectivity index is 2.00. The second-order valence-corrected chi connectivity index (χ2v) is 6.66. The number of nitrogens with zero attached hydrogens (tertiary/aromatic N) is 2. The monoisotopic (exact) mass is 332 g/mol. The second-order valence-electron chi connectivity index (χ2n) is 5.79. The molecule has 3 nitrogen and oxygen atoms in total. The van der Waals surface area contributed by atoms with E-state index in [1.807, 2.05) is 17.5 Å². The molecule has 0 radical (unpaired) electrons. The summed E-state index contributed by atoms with van der Waals surface area (Å²) in [6.07, 6.45) is 1.77. The van der Waals surface area contributed by atoms with Gasteiger partial charge in [-0.15, -0.1) is 11.3 Å². The summed E-state index contributed by atoms with van der Waals surface area (Å²) < 4.78 is 6.13. The van der Waals surface area contributed by atoms with Gasteiger partial charge in [-0.25, -0.2) is 9.98 Å². The van der Waals surface area contributed by atoms with Crippen molar-refractivity contribution in [2.45, 2.75) is 13.8 Å². The Morgan fingerprint density at radius 1 is 0.958 bits per heavy atom. The third-order valence-corrected chi connectivity index (χ3v) is 4.54. The van der Waals surface area contributed by atoms with Crippen LogP contribution in [0.3, 0.4) is 0 Å². The fourth-order valence-corrected chi connectivity index (χ4v) is 3.13. The molecule has 0 saturated heterocycles. The van der Waals surface area contributed by atoms with E-state index in [1.54, 1.807) is 6.20 Å². The lowest BCUT2D eigenvalue weighted by Gasteiger charge is -2.06. The van der Waals surface area contributed by atoms with Gasteiger partial charge in [-0.1, -0.05) is 41.5 Å². The normalized spacial score (nSPS) is 12.0. The largest absolute Gasteiger partial charge is 0.456 e. The first kappa shape index (κ1) is 14.8. The molecule has 2 heterocycles. The summed E-state index contributed by atoms with van der Waals surface area (Å²) >= 11 is 1.53. The molecular formula is C20H16N2OS. The van der Waals surface area contributed by atoms with Crippen LogP contribution in [0.1, 0.15) is 11.1 Å². The predicted octanol–water partition coefficient (Wildman–Crippen LogP) is 5.41. The van der Waals surface area contributed by atoms with E-state index in [1.165, 1.54) is 22.5 Å². The van der Waals surface area contributed by atoms with E-state index in [0.29, 0.717) is 0 Å². The maximum Gasteiger partial charge on any atom is 0.209 e. The van der Waals surface area contributed by atoms with Gasteiger partial charge >= 0.3 is 0 Å². The highest BCUT2D eigenvalue weighted by Crippen LogP contribution is 2.24. The van der Waals surface area contributed by atoms with E-state index < -0.39 is 0 Å². The van der Waals surface area contributed by atoms with Gasteiger partial charge in [-0.2, -0.15) is 0 Å². The zero-order valence-corrected chi connectivity index (χ0v) is 14.3. The molecule has 4 heteroatoms. The molecule has 2 aromatic carbocycles. The zero-order valence-electron chi connectivity index (χ0n) is 13.5. The Kier molecular flexibility index (Phi) is 3.75. The lowest BCUT2D eigenvalue weighted by Crippen LogP contribution is -2.03. The van der Waals surface area contributed by atoms with Gasteiger partial charge in [-0.3, -0.25) is 0 Å². The molecule has 24 heavy (non-hydrogen) atoms. The molecule has 4 aromatic rings. The quantitative estimate of drug-likeness (QED) is 0.492. The maximum atomic E-state index is 6.13. The number of aromatic nitrogens is 1. The first-order valence-electron chi connectivity index (χ1n) is 7.75. The van der Waals surface area contributed by atoms with Gasteiger partial charge in [0.25, 0.3) is 0 Å². The van der Waals surface area contributed by atoms with E-state index in [0.717, 1.165) is 32.8 Å². The van der Waals surface area contributed by atoms with Crippen LogP contribution in [-0.2, 0) is 0 Å². The van der Waals surface area contributed by atoms with Gasteiger partial charge in [-0.05, 0) is 26.0 Å². The average Bonchev–Trinajstić information content (AvgIpc) is 3.09. The third-order valence-electron chi connectivity index (χ3n) is 3.87. The summed E-state index contributed by atoms with van der Waals surface area (Å²) in [4.78, 5) is 9.00. The Morgan fingerprint density at radius 2 is 1.75 bits per heavy atom. The lowest BCUT2D eigenvalue weighted by molar-refractivity contribution is 0.618. The molecule has 0 bridgehead atoms. The van der Waals surface area contributed by atoms with Crippen LogP contribution in [0.2, 0.25) is 0 Å². The number of hydrogen-bond acceptors (Lipinski definition) is 4. The van der Waals surface area contributed by atoms with E-state index >= 15 is 0 Å². The van der Waals surface area contributed by atoms with Crippen molar-refractivity contribution in [3.63, 3.8) is 0 Å². The molecule has 0 aliphatic carbocycles. The number of benzene rings is 2. The van der Waals surface area contributed by atoms with Crippen molar-refractivity contribution >= 4 is 27.4 Å². The van der Waals surface area contributed by atoms with E-state index in [4.69, 9.17) is 9.41 Å². The Morgan fingerprint density at radius 3 is 2.50 bits per heavy atom. The van der Waals surface area contributed by atoms with Crippen molar-refractivity contribution in [3.8, 4) is 11.3 Å². The van der Waals surface area contributed by atoms with Crippen molar-refractivity contribution in [2.75, 3.05) is 0 Å². The standard InChI is InChI=1S/C20H16N2OS/c1-13-3-6-15(7-4-13)19-12-17(22-20-21-9-10-24-20)16-11-14(2)5-8-18(16)23-19/h3-12H,1-2H3. The molecule has 0 amide bonds. The fourth-order valence-electron chi connectivity index (χ4n) is 2.61. The Hall–Kier alpha value is -2.72. The van der Waals surface area contributed by atoms with Crippen LogP contribution in [-0.4, -0.2) is 4.98 Å². The predicted molar refractivity (Wildman–Crippen MR) is 98.5 cm³/mol. The minimum atomic E-state index is 0.749. The molecule has 0 fully saturated rings. The van der Waals surface area contributed by atoms with Crippen LogP contribution in [0, 0.1) is 13.8 Å². The summed E-state index contributed by atoms with van der Waals surface area (Å²) in [6.45, 7) is 4.15. The molecule has 0 saturated carbocycles. The van der Waals surface area contributed by atoms with Gasteiger partial charge < -0.3 is 4.42 Å². The number of aryl methyl sites for hydroxylation is 2. The SMILES string of the molecule is Cc1ccc(-c2cc(=Nc3nccs3)c3cc(C)ccc3o2)cc1. The van der Waals surface area contributed by atoms with Gasteiger partial charge in [0, 0.05) is 28.6 Å². The van der Waals surface area contributed by atoms with Crippen molar-refractivity contribution in [1.29, 1.82) is 0 Å². The van der Waals surface area contributed by atoms with Crippen molar-refractivity contribution in [1.82, 2.24) is 4.98 Å². The summed E-state index contributed by atoms with van der Waals surface area (Å²) in [5.74, 6) is 0.807. The summed E-state index contributed by atoms with van der Waals surface area (Å²) in [5.41, 5.74) is 4.27. The van der Waals surface area contributed by atoms with Gasteiger partial charge in [0.1, 0.15) is 11.3 Å². The van der Waals surface area contributed by atoms with Crippen LogP contribution in [0.5, 0.6) is 0 Å². The Bertz CT molecular complexity index is 1060. The summed E-state index contributed by atoms with van der Waals surface area (Å²) in [7, 11) is 0. The first-order valence-corrected chi connectivity index (χ1v) is 8.63. The minimum absolute atomic E-state index is 0.749. The second kappa shape index (κ2) is 6.06. The Labute approximate surface area is 144 Å². The highest BCUT2D eigenvalue weighted by molar-refractivity contribution is 7.13.